The topological polar surface area (TPSA) is 69.9 Å². The highest BCUT2D eigenvalue weighted by Crippen LogP contribution is 2.32. The molecule has 3 heterocycles. The van der Waals surface area contributed by atoms with Crippen LogP contribution in [0.25, 0.3) is 17.0 Å². The van der Waals surface area contributed by atoms with Gasteiger partial charge >= 0.3 is 6.18 Å². The monoisotopic (exact) mass is 495 g/mol. The lowest BCUT2D eigenvalue weighted by Gasteiger charge is -2.34. The summed E-state index contributed by atoms with van der Waals surface area (Å²) < 4.78 is 41.1. The number of nitrogens with zero attached hydrogens (tertiary/aromatic N) is 7. The summed E-state index contributed by atoms with van der Waals surface area (Å²) in [6.07, 6.45) is -2.94. The minimum atomic E-state index is -4.44. The SMILES string of the molecule is CN(C)c1ccc(C(=O)N2CCN(c3nc4nccc(-c5cccc(C(F)(F)F)c5)n4n3)CC2)cc1. The van der Waals surface area contributed by atoms with E-state index in [0.717, 1.165) is 17.8 Å². The summed E-state index contributed by atoms with van der Waals surface area (Å²) in [7, 11) is 3.89. The number of aromatic nitrogens is 4. The number of fused-ring (bicyclic) bond motifs is 1. The first-order valence-corrected chi connectivity index (χ1v) is 11.4. The molecule has 2 aromatic carbocycles. The normalized spacial score (nSPS) is 14.4. The van der Waals surface area contributed by atoms with Gasteiger partial charge in [0.15, 0.2) is 0 Å². The fraction of sp³-hybridized carbons (Fsp3) is 0.280. The standard InChI is InChI=1S/C25H24F3N7O/c1-32(2)20-8-6-17(7-9-20)22(36)33-12-14-34(15-13-33)24-30-23-29-11-10-21(35(23)31-24)18-4-3-5-19(16-18)25(26,27)28/h3-11,16H,12-15H2,1-2H3. The molecular formula is C25H24F3N7O. The van der Waals surface area contributed by atoms with Gasteiger partial charge in [-0.15, -0.1) is 5.10 Å². The van der Waals surface area contributed by atoms with Gasteiger partial charge in [0, 0.05) is 63.3 Å². The summed E-state index contributed by atoms with van der Waals surface area (Å²) in [6, 6.07) is 14.2. The molecule has 4 aromatic rings. The molecule has 1 saturated heterocycles. The van der Waals surface area contributed by atoms with Crippen LogP contribution in [0, 0.1) is 0 Å². The molecule has 186 valence electrons. The fourth-order valence-electron chi connectivity index (χ4n) is 4.19. The van der Waals surface area contributed by atoms with Crippen LogP contribution in [0.3, 0.4) is 0 Å². The molecule has 1 aliphatic heterocycles. The molecule has 0 saturated carbocycles. The molecule has 2 aromatic heterocycles. The van der Waals surface area contributed by atoms with Gasteiger partial charge in [0.25, 0.3) is 11.7 Å². The van der Waals surface area contributed by atoms with E-state index in [1.54, 1.807) is 17.0 Å². The van der Waals surface area contributed by atoms with Gasteiger partial charge in [-0.25, -0.2) is 4.98 Å². The lowest BCUT2D eigenvalue weighted by atomic mass is 10.1. The lowest BCUT2D eigenvalue weighted by molar-refractivity contribution is -0.137. The van der Waals surface area contributed by atoms with Gasteiger partial charge in [-0.1, -0.05) is 12.1 Å². The van der Waals surface area contributed by atoms with Gasteiger partial charge in [0.05, 0.1) is 11.3 Å². The molecule has 1 amide bonds. The second-order valence-corrected chi connectivity index (χ2v) is 8.75. The second-order valence-electron chi connectivity index (χ2n) is 8.75. The molecule has 0 bridgehead atoms. The van der Waals surface area contributed by atoms with Crippen molar-refractivity contribution in [2.24, 2.45) is 0 Å². The number of carbonyl (C=O) groups is 1. The van der Waals surface area contributed by atoms with Crippen LogP contribution >= 0.6 is 0 Å². The van der Waals surface area contributed by atoms with E-state index in [4.69, 9.17) is 0 Å². The van der Waals surface area contributed by atoms with Gasteiger partial charge < -0.3 is 14.7 Å². The highest BCUT2D eigenvalue weighted by molar-refractivity contribution is 5.94. The van der Waals surface area contributed by atoms with Crippen LogP contribution in [0.1, 0.15) is 15.9 Å². The molecule has 5 rings (SSSR count). The second kappa shape index (κ2) is 9.14. The third-order valence-electron chi connectivity index (χ3n) is 6.20. The van der Waals surface area contributed by atoms with E-state index in [0.29, 0.717) is 54.7 Å². The molecule has 1 aliphatic rings. The van der Waals surface area contributed by atoms with Gasteiger partial charge in [0.2, 0.25) is 5.95 Å². The Balaban J connectivity index is 1.33. The Hall–Kier alpha value is -4.15. The summed E-state index contributed by atoms with van der Waals surface area (Å²) in [5.41, 5.74) is 1.74. The minimum absolute atomic E-state index is 0.0311. The molecule has 0 atom stereocenters. The molecular weight excluding hydrogens is 471 g/mol. The maximum absolute atomic E-state index is 13.2. The number of piperazine rings is 1. The van der Waals surface area contributed by atoms with Crippen LogP contribution in [0.5, 0.6) is 0 Å². The highest BCUT2D eigenvalue weighted by Gasteiger charge is 2.31. The smallest absolute Gasteiger partial charge is 0.378 e. The zero-order valence-electron chi connectivity index (χ0n) is 19.8. The van der Waals surface area contributed by atoms with Gasteiger partial charge in [0.1, 0.15) is 0 Å². The number of alkyl halides is 3. The van der Waals surface area contributed by atoms with Crippen molar-refractivity contribution < 1.29 is 18.0 Å². The van der Waals surface area contributed by atoms with E-state index < -0.39 is 11.7 Å². The first-order chi connectivity index (χ1) is 17.2. The van der Waals surface area contributed by atoms with Crippen molar-refractivity contribution >= 4 is 23.3 Å². The quantitative estimate of drug-likeness (QED) is 0.429. The number of amides is 1. The van der Waals surface area contributed by atoms with E-state index in [2.05, 4.69) is 15.1 Å². The number of anilines is 2. The van der Waals surface area contributed by atoms with Gasteiger partial charge in [-0.05, 0) is 42.5 Å². The molecule has 0 radical (unpaired) electrons. The Labute approximate surface area is 205 Å². The Kier molecular flexibility index (Phi) is 5.99. The number of rotatable bonds is 4. The summed E-state index contributed by atoms with van der Waals surface area (Å²) in [6.45, 7) is 2.05. The van der Waals surface area contributed by atoms with E-state index in [-0.39, 0.29) is 5.91 Å². The van der Waals surface area contributed by atoms with Crippen molar-refractivity contribution in [1.82, 2.24) is 24.5 Å². The molecule has 0 unspecified atom stereocenters. The Morgan fingerprint density at radius 1 is 0.972 bits per heavy atom. The van der Waals surface area contributed by atoms with Crippen molar-refractivity contribution in [2.45, 2.75) is 6.18 Å². The first-order valence-electron chi connectivity index (χ1n) is 11.4. The van der Waals surface area contributed by atoms with Crippen LogP contribution in [0.2, 0.25) is 0 Å². The van der Waals surface area contributed by atoms with Crippen molar-refractivity contribution in [3.05, 3.63) is 71.9 Å². The van der Waals surface area contributed by atoms with E-state index in [9.17, 15) is 18.0 Å². The molecule has 36 heavy (non-hydrogen) atoms. The lowest BCUT2D eigenvalue weighted by Crippen LogP contribution is -2.49. The van der Waals surface area contributed by atoms with Gasteiger partial charge in [-0.3, -0.25) is 4.79 Å². The number of hydrogen-bond acceptors (Lipinski definition) is 6. The zero-order chi connectivity index (χ0) is 25.4. The fourth-order valence-corrected chi connectivity index (χ4v) is 4.19. The highest BCUT2D eigenvalue weighted by atomic mass is 19.4. The van der Waals surface area contributed by atoms with Gasteiger partial charge in [-0.2, -0.15) is 22.7 Å². The van der Waals surface area contributed by atoms with Crippen LogP contribution in [0.15, 0.2) is 60.8 Å². The molecule has 1 fully saturated rings. The van der Waals surface area contributed by atoms with E-state index in [1.807, 2.05) is 48.2 Å². The molecule has 11 heteroatoms. The number of halogens is 3. The van der Waals surface area contributed by atoms with Crippen molar-refractivity contribution in [3.8, 4) is 11.3 Å². The largest absolute Gasteiger partial charge is 0.416 e. The van der Waals surface area contributed by atoms with Crippen molar-refractivity contribution in [1.29, 1.82) is 0 Å². The predicted molar refractivity (Wildman–Crippen MR) is 130 cm³/mol. The molecule has 0 spiro atoms. The maximum atomic E-state index is 13.2. The first kappa shape index (κ1) is 23.6. The number of hydrogen-bond donors (Lipinski definition) is 0. The van der Waals surface area contributed by atoms with Crippen molar-refractivity contribution in [3.63, 3.8) is 0 Å². The Bertz CT molecular complexity index is 1390. The minimum Gasteiger partial charge on any atom is -0.378 e. The Morgan fingerprint density at radius 3 is 2.36 bits per heavy atom. The van der Waals surface area contributed by atoms with Crippen LogP contribution in [0.4, 0.5) is 24.8 Å². The third-order valence-corrected chi connectivity index (χ3v) is 6.20. The summed E-state index contributed by atoms with van der Waals surface area (Å²) >= 11 is 0. The van der Waals surface area contributed by atoms with Crippen LogP contribution in [-0.4, -0.2) is 70.7 Å². The van der Waals surface area contributed by atoms with Crippen LogP contribution in [-0.2, 0) is 6.18 Å². The predicted octanol–water partition coefficient (Wildman–Crippen LogP) is 3.84. The zero-order valence-corrected chi connectivity index (χ0v) is 19.8. The maximum Gasteiger partial charge on any atom is 0.416 e. The average molecular weight is 496 g/mol. The molecule has 0 aliphatic carbocycles. The molecule has 8 nitrogen and oxygen atoms in total. The van der Waals surface area contributed by atoms with Crippen molar-refractivity contribution in [2.75, 3.05) is 50.1 Å². The third kappa shape index (κ3) is 4.56. The molecule has 0 N–H and O–H groups in total. The van der Waals surface area contributed by atoms with E-state index >= 15 is 0 Å². The Morgan fingerprint density at radius 2 is 1.69 bits per heavy atom. The van der Waals surface area contributed by atoms with E-state index in [1.165, 1.54) is 16.8 Å². The average Bonchev–Trinajstić information content (AvgIpc) is 3.32. The summed E-state index contributed by atoms with van der Waals surface area (Å²) in [5, 5.41) is 4.54. The number of carbonyl (C=O) groups excluding carboxylic acids is 1. The van der Waals surface area contributed by atoms with Crippen LogP contribution < -0.4 is 9.80 Å². The summed E-state index contributed by atoms with van der Waals surface area (Å²) in [4.78, 5) is 27.4. The number of benzene rings is 2. The summed E-state index contributed by atoms with van der Waals surface area (Å²) in [5.74, 6) is 0.681.